The van der Waals surface area contributed by atoms with Gasteiger partial charge in [-0.2, -0.15) is 0 Å². The van der Waals surface area contributed by atoms with E-state index in [2.05, 4.69) is 9.97 Å². The van der Waals surface area contributed by atoms with Crippen molar-refractivity contribution in [1.82, 2.24) is 9.97 Å². The molecule has 0 aliphatic heterocycles. The van der Waals surface area contributed by atoms with E-state index in [1.807, 2.05) is 0 Å². The van der Waals surface area contributed by atoms with Gasteiger partial charge in [0, 0.05) is 6.42 Å². The van der Waals surface area contributed by atoms with Gasteiger partial charge < -0.3 is 10.1 Å². The Morgan fingerprint density at radius 3 is 2.37 bits per heavy atom. The molecule has 2 N–H and O–H groups in total. The number of aromatic nitrogens is 2. The summed E-state index contributed by atoms with van der Waals surface area (Å²) in [5.74, 6) is 4.42. The number of imidazole rings is 1. The van der Waals surface area contributed by atoms with Gasteiger partial charge in [-0.3, -0.25) is 0 Å². The second-order valence-corrected chi connectivity index (χ2v) is 6.85. The highest BCUT2D eigenvalue weighted by Crippen LogP contribution is 2.57. The SMILES string of the molecule is O=C(O)c1cnc(CC2C3CC4CC(C3)CC2C4)[nH]1. The summed E-state index contributed by atoms with van der Waals surface area (Å²) in [6.45, 7) is 0. The van der Waals surface area contributed by atoms with E-state index >= 15 is 0 Å². The Hall–Kier alpha value is -1.32. The molecular formula is C15H20N2O2. The number of H-pyrrole nitrogens is 1. The summed E-state index contributed by atoms with van der Waals surface area (Å²) in [6, 6.07) is 0. The first-order valence-electron chi connectivity index (χ1n) is 7.46. The van der Waals surface area contributed by atoms with Crippen molar-refractivity contribution in [2.45, 2.75) is 38.5 Å². The molecule has 1 heterocycles. The summed E-state index contributed by atoms with van der Waals surface area (Å²) in [6.07, 6.45) is 9.50. The van der Waals surface area contributed by atoms with Gasteiger partial charge >= 0.3 is 5.97 Å². The lowest BCUT2D eigenvalue weighted by Crippen LogP contribution is -2.45. The van der Waals surface area contributed by atoms with Crippen LogP contribution < -0.4 is 0 Å². The van der Waals surface area contributed by atoms with Crippen LogP contribution in [0.15, 0.2) is 6.20 Å². The van der Waals surface area contributed by atoms with E-state index in [9.17, 15) is 4.79 Å². The zero-order valence-electron chi connectivity index (χ0n) is 11.0. The zero-order valence-corrected chi connectivity index (χ0v) is 11.0. The summed E-state index contributed by atoms with van der Waals surface area (Å²) >= 11 is 0. The molecule has 0 spiro atoms. The molecule has 102 valence electrons. The molecule has 1 aromatic heterocycles. The van der Waals surface area contributed by atoms with Crippen LogP contribution >= 0.6 is 0 Å². The minimum absolute atomic E-state index is 0.221. The van der Waals surface area contributed by atoms with Crippen LogP contribution in [0.5, 0.6) is 0 Å². The Kier molecular flexibility index (Phi) is 2.47. The van der Waals surface area contributed by atoms with E-state index in [1.54, 1.807) is 0 Å². The minimum Gasteiger partial charge on any atom is -0.477 e. The molecule has 0 atom stereocenters. The highest BCUT2D eigenvalue weighted by molar-refractivity contribution is 5.84. The molecule has 0 unspecified atom stereocenters. The molecule has 19 heavy (non-hydrogen) atoms. The molecular weight excluding hydrogens is 240 g/mol. The molecule has 4 aliphatic rings. The number of carboxylic acids is 1. The topological polar surface area (TPSA) is 66.0 Å². The first-order valence-corrected chi connectivity index (χ1v) is 7.46. The Balaban J connectivity index is 1.51. The maximum Gasteiger partial charge on any atom is 0.353 e. The fourth-order valence-electron chi connectivity index (χ4n) is 5.17. The second-order valence-electron chi connectivity index (χ2n) is 6.85. The van der Waals surface area contributed by atoms with Crippen LogP contribution in [0.25, 0.3) is 0 Å². The van der Waals surface area contributed by atoms with E-state index in [0.717, 1.165) is 41.8 Å². The van der Waals surface area contributed by atoms with Crippen LogP contribution in [0, 0.1) is 29.6 Å². The molecule has 4 fully saturated rings. The van der Waals surface area contributed by atoms with Crippen molar-refractivity contribution in [3.8, 4) is 0 Å². The van der Waals surface area contributed by atoms with Crippen molar-refractivity contribution in [3.05, 3.63) is 17.7 Å². The van der Waals surface area contributed by atoms with Gasteiger partial charge in [0.1, 0.15) is 11.5 Å². The molecule has 4 saturated carbocycles. The average molecular weight is 260 g/mol. The number of hydrogen-bond acceptors (Lipinski definition) is 2. The summed E-state index contributed by atoms with van der Waals surface area (Å²) in [5, 5.41) is 8.93. The van der Waals surface area contributed by atoms with Crippen LogP contribution in [0.1, 0.15) is 48.4 Å². The fourth-order valence-corrected chi connectivity index (χ4v) is 5.17. The third-order valence-corrected chi connectivity index (χ3v) is 5.71. The smallest absolute Gasteiger partial charge is 0.353 e. The zero-order chi connectivity index (χ0) is 13.0. The molecule has 0 saturated heterocycles. The van der Waals surface area contributed by atoms with Gasteiger partial charge in [0.25, 0.3) is 0 Å². The van der Waals surface area contributed by atoms with Crippen LogP contribution in [-0.2, 0) is 6.42 Å². The van der Waals surface area contributed by atoms with Gasteiger partial charge in [0.15, 0.2) is 0 Å². The lowest BCUT2D eigenvalue weighted by molar-refractivity contribution is -0.0366. The van der Waals surface area contributed by atoms with Crippen molar-refractivity contribution in [2.75, 3.05) is 0 Å². The normalized spacial score (nSPS) is 39.7. The van der Waals surface area contributed by atoms with Crippen LogP contribution in [-0.4, -0.2) is 21.0 Å². The number of hydrogen-bond donors (Lipinski definition) is 2. The predicted molar refractivity (Wildman–Crippen MR) is 69.8 cm³/mol. The van der Waals surface area contributed by atoms with Gasteiger partial charge in [-0.25, -0.2) is 9.78 Å². The molecule has 1 aromatic rings. The van der Waals surface area contributed by atoms with Gasteiger partial charge in [-0.05, 0) is 61.7 Å². The van der Waals surface area contributed by atoms with Crippen molar-refractivity contribution in [2.24, 2.45) is 29.6 Å². The van der Waals surface area contributed by atoms with Gasteiger partial charge in [0.2, 0.25) is 0 Å². The highest BCUT2D eigenvalue weighted by Gasteiger charge is 2.48. The number of aromatic carboxylic acids is 1. The van der Waals surface area contributed by atoms with E-state index in [-0.39, 0.29) is 5.69 Å². The minimum atomic E-state index is -0.913. The molecule has 4 bridgehead atoms. The third kappa shape index (κ3) is 1.88. The van der Waals surface area contributed by atoms with Crippen molar-refractivity contribution in [3.63, 3.8) is 0 Å². The first kappa shape index (κ1) is 11.5. The van der Waals surface area contributed by atoms with E-state index in [0.29, 0.717) is 0 Å². The quantitative estimate of drug-likeness (QED) is 0.878. The molecule has 0 aromatic carbocycles. The Labute approximate surface area is 112 Å². The average Bonchev–Trinajstić information content (AvgIpc) is 2.81. The molecule has 4 heteroatoms. The number of aromatic amines is 1. The Morgan fingerprint density at radius 2 is 1.84 bits per heavy atom. The third-order valence-electron chi connectivity index (χ3n) is 5.71. The maximum absolute atomic E-state index is 10.9. The molecule has 4 aliphatic carbocycles. The maximum atomic E-state index is 10.9. The van der Waals surface area contributed by atoms with E-state index in [1.165, 1.54) is 38.3 Å². The highest BCUT2D eigenvalue weighted by atomic mass is 16.4. The van der Waals surface area contributed by atoms with E-state index < -0.39 is 5.97 Å². The van der Waals surface area contributed by atoms with Crippen molar-refractivity contribution in [1.29, 1.82) is 0 Å². The van der Waals surface area contributed by atoms with Crippen LogP contribution in [0.3, 0.4) is 0 Å². The molecule has 4 nitrogen and oxygen atoms in total. The molecule has 0 radical (unpaired) electrons. The molecule has 0 amide bonds. The summed E-state index contributed by atoms with van der Waals surface area (Å²) in [5.41, 5.74) is 0.221. The lowest BCUT2D eigenvalue weighted by Gasteiger charge is -2.54. The van der Waals surface area contributed by atoms with Gasteiger partial charge in [-0.15, -0.1) is 0 Å². The molecule has 5 rings (SSSR count). The van der Waals surface area contributed by atoms with Gasteiger partial charge in [-0.1, -0.05) is 0 Å². The van der Waals surface area contributed by atoms with E-state index in [4.69, 9.17) is 5.11 Å². The number of nitrogens with one attached hydrogen (secondary N) is 1. The Bertz CT molecular complexity index is 480. The monoisotopic (exact) mass is 260 g/mol. The standard InChI is InChI=1S/C15H20N2O2/c18-15(19)13-7-16-14(17-13)6-12-10-2-8-1-9(4-10)5-11(12)3-8/h7-12H,1-6H2,(H,16,17)(H,18,19). The largest absolute Gasteiger partial charge is 0.477 e. The number of carbonyl (C=O) groups is 1. The van der Waals surface area contributed by atoms with Crippen molar-refractivity contribution < 1.29 is 9.90 Å². The number of carboxylic acid groups (broad SMARTS) is 1. The number of nitrogens with zero attached hydrogens (tertiary/aromatic N) is 1. The van der Waals surface area contributed by atoms with Gasteiger partial charge in [0.05, 0.1) is 6.20 Å². The summed E-state index contributed by atoms with van der Waals surface area (Å²) in [4.78, 5) is 18.1. The second kappa shape index (κ2) is 4.09. The van der Waals surface area contributed by atoms with Crippen molar-refractivity contribution >= 4 is 5.97 Å². The summed E-state index contributed by atoms with van der Waals surface area (Å²) < 4.78 is 0. The van der Waals surface area contributed by atoms with Crippen LogP contribution in [0.2, 0.25) is 0 Å². The first-order chi connectivity index (χ1) is 9.19. The number of rotatable bonds is 3. The fraction of sp³-hybridized carbons (Fsp3) is 0.733. The lowest BCUT2D eigenvalue weighted by atomic mass is 9.51. The summed E-state index contributed by atoms with van der Waals surface area (Å²) in [7, 11) is 0. The Morgan fingerprint density at radius 1 is 1.21 bits per heavy atom. The predicted octanol–water partition coefficient (Wildman–Crippen LogP) is 2.72. The van der Waals surface area contributed by atoms with Crippen LogP contribution in [0.4, 0.5) is 0 Å².